The van der Waals surface area contributed by atoms with Crippen molar-refractivity contribution in [3.63, 3.8) is 0 Å². The summed E-state index contributed by atoms with van der Waals surface area (Å²) >= 11 is 1.27. The van der Waals surface area contributed by atoms with Crippen LogP contribution in [0.5, 0.6) is 0 Å². The number of imidazole rings is 1. The van der Waals surface area contributed by atoms with Gasteiger partial charge in [-0.25, -0.2) is 4.98 Å². The van der Waals surface area contributed by atoms with Crippen LogP contribution in [0.15, 0.2) is 109 Å². The first-order chi connectivity index (χ1) is 18.9. The quantitative estimate of drug-likeness (QED) is 0.211. The maximum atomic E-state index is 5.40. The molecule has 0 aliphatic carbocycles. The molecular formula is C33H18N4S. The number of nitrogens with zero attached hydrogens (tertiary/aromatic N) is 4. The van der Waals surface area contributed by atoms with Gasteiger partial charge in [0.05, 0.1) is 33.7 Å². The molecule has 9 rings (SSSR count). The maximum Gasteiger partial charge on any atom is 0.148 e. The molecule has 0 unspecified atom stereocenters. The van der Waals surface area contributed by atoms with Crippen molar-refractivity contribution in [2.24, 2.45) is 0 Å². The molecule has 0 saturated carbocycles. The molecule has 0 aliphatic heterocycles. The van der Waals surface area contributed by atoms with Crippen molar-refractivity contribution < 1.29 is 0 Å². The van der Waals surface area contributed by atoms with Gasteiger partial charge < -0.3 is 0 Å². The Hall–Kier alpha value is -4.87. The third kappa shape index (κ3) is 2.51. The lowest BCUT2D eigenvalue weighted by Crippen LogP contribution is -1.94. The maximum absolute atomic E-state index is 5.40. The fraction of sp³-hybridized carbons (Fsp3) is 0. The van der Waals surface area contributed by atoms with Crippen molar-refractivity contribution in [3.05, 3.63) is 109 Å². The number of hydrogen-bond acceptors (Lipinski definition) is 4. The first-order valence-corrected chi connectivity index (χ1v) is 13.4. The Labute approximate surface area is 220 Å². The highest BCUT2D eigenvalue weighted by atomic mass is 32.1. The molecule has 0 saturated heterocycles. The van der Waals surface area contributed by atoms with Gasteiger partial charge in [-0.15, -0.1) is 0 Å². The molecule has 0 aliphatic rings. The van der Waals surface area contributed by atoms with Gasteiger partial charge in [-0.1, -0.05) is 97.1 Å². The smallest absolute Gasteiger partial charge is 0.148 e. The number of hydrogen-bond donors (Lipinski definition) is 0. The number of benzene rings is 6. The van der Waals surface area contributed by atoms with Crippen molar-refractivity contribution >= 4 is 82.7 Å². The van der Waals surface area contributed by atoms with Crippen molar-refractivity contribution in [1.29, 1.82) is 0 Å². The minimum atomic E-state index is 0.908. The first-order valence-electron chi connectivity index (χ1n) is 12.7. The lowest BCUT2D eigenvalue weighted by molar-refractivity contribution is 1.32. The van der Waals surface area contributed by atoms with E-state index in [9.17, 15) is 0 Å². The van der Waals surface area contributed by atoms with Crippen LogP contribution in [0.25, 0.3) is 82.1 Å². The van der Waals surface area contributed by atoms with Crippen molar-refractivity contribution in [2.75, 3.05) is 0 Å². The number of fused-ring (bicyclic) bond motifs is 15. The summed E-state index contributed by atoms with van der Waals surface area (Å²) in [6.45, 7) is 0. The Kier molecular flexibility index (Phi) is 3.91. The van der Waals surface area contributed by atoms with E-state index in [1.807, 2.05) is 6.07 Å². The van der Waals surface area contributed by atoms with Gasteiger partial charge in [0.1, 0.15) is 16.7 Å². The van der Waals surface area contributed by atoms with Crippen LogP contribution >= 0.6 is 11.7 Å². The Morgan fingerprint density at radius 3 is 1.97 bits per heavy atom. The second kappa shape index (κ2) is 7.34. The second-order valence-corrected chi connectivity index (χ2v) is 10.3. The molecule has 3 aromatic heterocycles. The van der Waals surface area contributed by atoms with Crippen LogP contribution in [-0.4, -0.2) is 18.1 Å². The second-order valence-electron chi connectivity index (χ2n) is 9.75. The Bertz CT molecular complexity index is 2400. The van der Waals surface area contributed by atoms with Gasteiger partial charge in [-0.05, 0) is 33.9 Å². The fourth-order valence-corrected chi connectivity index (χ4v) is 6.79. The highest BCUT2D eigenvalue weighted by Gasteiger charge is 2.22. The van der Waals surface area contributed by atoms with E-state index in [4.69, 9.17) is 13.7 Å². The van der Waals surface area contributed by atoms with Crippen LogP contribution in [0.2, 0.25) is 0 Å². The summed E-state index contributed by atoms with van der Waals surface area (Å²) in [5.74, 6) is 0. The SMILES string of the molecule is c1ccc(-c2cc3c4ccccc4n4c(nc5c6ccccc6c6ccccc6c54)c3c3nsnc23)cc1. The molecule has 0 fully saturated rings. The minimum absolute atomic E-state index is 0.908. The van der Waals surface area contributed by atoms with Gasteiger partial charge in [0.25, 0.3) is 0 Å². The summed E-state index contributed by atoms with van der Waals surface area (Å²) in [6, 6.07) is 38.7. The third-order valence-electron chi connectivity index (χ3n) is 7.81. The van der Waals surface area contributed by atoms with E-state index in [1.165, 1.54) is 33.3 Å². The molecule has 0 radical (unpaired) electrons. The minimum Gasteiger partial charge on any atom is -0.291 e. The molecule has 38 heavy (non-hydrogen) atoms. The topological polar surface area (TPSA) is 43.1 Å². The van der Waals surface area contributed by atoms with E-state index < -0.39 is 0 Å². The standard InChI is InChI=1S/C33H18N4S/c1-2-10-19(11-3-1)25-18-26-22-14-8-9-17-27(22)37-32-24-16-7-5-13-21(24)20-12-4-6-15-23(20)30(32)34-33(37)28(26)31-29(25)35-38-36-31/h1-18H. The molecule has 9 aromatic rings. The zero-order valence-corrected chi connectivity index (χ0v) is 20.9. The van der Waals surface area contributed by atoms with E-state index in [0.29, 0.717) is 0 Å². The van der Waals surface area contributed by atoms with Crippen LogP contribution in [0.3, 0.4) is 0 Å². The predicted octanol–water partition coefficient (Wildman–Crippen LogP) is 8.77. The largest absolute Gasteiger partial charge is 0.291 e. The lowest BCUT2D eigenvalue weighted by atomic mass is 9.97. The number of rotatable bonds is 1. The van der Waals surface area contributed by atoms with Crippen LogP contribution in [-0.2, 0) is 0 Å². The van der Waals surface area contributed by atoms with Gasteiger partial charge in [0, 0.05) is 21.7 Å². The molecule has 0 amide bonds. The van der Waals surface area contributed by atoms with E-state index in [0.717, 1.165) is 60.5 Å². The summed E-state index contributed by atoms with van der Waals surface area (Å²) in [7, 11) is 0. The van der Waals surface area contributed by atoms with Gasteiger partial charge in [-0.2, -0.15) is 8.75 Å². The lowest BCUT2D eigenvalue weighted by Gasteiger charge is -2.12. The summed E-state index contributed by atoms with van der Waals surface area (Å²) in [6.07, 6.45) is 0. The molecule has 6 aromatic carbocycles. The molecule has 4 nitrogen and oxygen atoms in total. The van der Waals surface area contributed by atoms with Gasteiger partial charge >= 0.3 is 0 Å². The molecule has 0 bridgehead atoms. The number of para-hydroxylation sites is 1. The van der Waals surface area contributed by atoms with E-state index in [-0.39, 0.29) is 0 Å². The van der Waals surface area contributed by atoms with E-state index >= 15 is 0 Å². The molecular weight excluding hydrogens is 484 g/mol. The Morgan fingerprint density at radius 1 is 0.526 bits per heavy atom. The third-order valence-corrected chi connectivity index (χ3v) is 8.34. The monoisotopic (exact) mass is 502 g/mol. The van der Waals surface area contributed by atoms with Crippen LogP contribution in [0, 0.1) is 0 Å². The van der Waals surface area contributed by atoms with Crippen molar-refractivity contribution in [1.82, 2.24) is 18.1 Å². The molecule has 0 spiro atoms. The zero-order valence-electron chi connectivity index (χ0n) is 20.1. The molecule has 3 heterocycles. The highest BCUT2D eigenvalue weighted by Crippen LogP contribution is 2.42. The van der Waals surface area contributed by atoms with Gasteiger partial charge in [0.15, 0.2) is 0 Å². The molecule has 5 heteroatoms. The first kappa shape index (κ1) is 20.2. The molecule has 0 N–H and O–H groups in total. The summed E-state index contributed by atoms with van der Waals surface area (Å²) in [4.78, 5) is 5.40. The summed E-state index contributed by atoms with van der Waals surface area (Å²) in [5, 5.41) is 8.20. The van der Waals surface area contributed by atoms with Crippen LogP contribution in [0.4, 0.5) is 0 Å². The van der Waals surface area contributed by atoms with Crippen LogP contribution < -0.4 is 0 Å². The summed E-state index contributed by atoms with van der Waals surface area (Å²) < 4.78 is 12.0. The molecule has 176 valence electrons. The number of aromatic nitrogens is 4. The van der Waals surface area contributed by atoms with E-state index in [2.05, 4.69) is 108 Å². The Morgan fingerprint density at radius 2 is 1.16 bits per heavy atom. The summed E-state index contributed by atoms with van der Waals surface area (Å²) in [5.41, 5.74) is 8.28. The Balaban J connectivity index is 1.62. The van der Waals surface area contributed by atoms with Gasteiger partial charge in [-0.3, -0.25) is 4.40 Å². The average molecular weight is 503 g/mol. The molecule has 0 atom stereocenters. The highest BCUT2D eigenvalue weighted by molar-refractivity contribution is 7.00. The number of pyridine rings is 1. The average Bonchev–Trinajstić information content (AvgIpc) is 3.64. The van der Waals surface area contributed by atoms with Crippen LogP contribution in [0.1, 0.15) is 0 Å². The van der Waals surface area contributed by atoms with E-state index in [1.54, 1.807) is 0 Å². The fourth-order valence-electron chi connectivity index (χ4n) is 6.22. The predicted molar refractivity (Wildman–Crippen MR) is 159 cm³/mol. The normalized spacial score (nSPS) is 12.2. The van der Waals surface area contributed by atoms with Crippen molar-refractivity contribution in [2.45, 2.75) is 0 Å². The van der Waals surface area contributed by atoms with Crippen molar-refractivity contribution in [3.8, 4) is 11.1 Å². The van der Waals surface area contributed by atoms with Gasteiger partial charge in [0.2, 0.25) is 0 Å². The zero-order chi connectivity index (χ0) is 24.8.